The van der Waals surface area contributed by atoms with E-state index in [1.54, 1.807) is 0 Å². The summed E-state index contributed by atoms with van der Waals surface area (Å²) in [5, 5.41) is 11.5. The molecule has 0 amide bonds. The smallest absolute Gasteiger partial charge is 0.340 e. The van der Waals surface area contributed by atoms with Crippen molar-refractivity contribution in [3.63, 3.8) is 0 Å². The lowest BCUT2D eigenvalue weighted by atomic mass is 10.0. The van der Waals surface area contributed by atoms with Gasteiger partial charge in [-0.05, 0) is 19.4 Å². The fraction of sp³-hybridized carbons (Fsp3) is 0.714. The first-order chi connectivity index (χ1) is 5.25. The predicted octanol–water partition coefficient (Wildman–Crippen LogP) is -0.195. The molecule has 1 rings (SSSR count). The molecule has 60 valence electrons. The molecule has 1 aliphatic rings. The molecule has 1 N–H and O–H groups in total. The average molecular weight is 154 g/mol. The molecule has 1 fully saturated rings. The van der Waals surface area contributed by atoms with Gasteiger partial charge in [-0.25, -0.2) is 4.79 Å². The van der Waals surface area contributed by atoms with Crippen molar-refractivity contribution < 1.29 is 9.53 Å². The Balaban J connectivity index is 2.76. The van der Waals surface area contributed by atoms with Crippen molar-refractivity contribution >= 4 is 5.97 Å². The minimum absolute atomic E-state index is 0.475. The normalized spacial score (nSPS) is 29.5. The molecule has 0 bridgehead atoms. The lowest BCUT2D eigenvalue weighted by molar-refractivity contribution is -0.145. The van der Waals surface area contributed by atoms with E-state index in [-0.39, 0.29) is 0 Å². The molecule has 4 nitrogen and oxygen atoms in total. The maximum atomic E-state index is 11.1. The van der Waals surface area contributed by atoms with Gasteiger partial charge in [-0.1, -0.05) is 0 Å². The number of nitrogens with zero attached hydrogens (tertiary/aromatic N) is 1. The van der Waals surface area contributed by atoms with Crippen molar-refractivity contribution in [2.75, 3.05) is 13.7 Å². The van der Waals surface area contributed by atoms with Crippen LogP contribution in [-0.4, -0.2) is 25.2 Å². The molecule has 1 atom stereocenters. The van der Waals surface area contributed by atoms with Crippen LogP contribution in [0.15, 0.2) is 0 Å². The van der Waals surface area contributed by atoms with Crippen LogP contribution in [0.4, 0.5) is 0 Å². The van der Waals surface area contributed by atoms with Crippen LogP contribution < -0.4 is 5.32 Å². The number of nitriles is 1. The largest absolute Gasteiger partial charge is 0.467 e. The molecular weight excluding hydrogens is 144 g/mol. The highest BCUT2D eigenvalue weighted by Crippen LogP contribution is 2.19. The quantitative estimate of drug-likeness (QED) is 0.531. The summed E-state index contributed by atoms with van der Waals surface area (Å²) >= 11 is 0. The van der Waals surface area contributed by atoms with Gasteiger partial charge < -0.3 is 4.74 Å². The predicted molar refractivity (Wildman–Crippen MR) is 37.6 cm³/mol. The van der Waals surface area contributed by atoms with E-state index in [2.05, 4.69) is 10.1 Å². The number of hydrogen-bond donors (Lipinski definition) is 1. The van der Waals surface area contributed by atoms with Gasteiger partial charge in [0.1, 0.15) is 0 Å². The summed E-state index contributed by atoms with van der Waals surface area (Å²) in [5.41, 5.74) is -1.06. The van der Waals surface area contributed by atoms with E-state index in [4.69, 9.17) is 5.26 Å². The first-order valence-corrected chi connectivity index (χ1v) is 3.50. The third-order valence-electron chi connectivity index (χ3n) is 1.88. The molecule has 1 unspecified atom stereocenters. The van der Waals surface area contributed by atoms with Gasteiger partial charge in [0.2, 0.25) is 5.54 Å². The Bertz CT molecular complexity index is 201. The number of carbonyl (C=O) groups excluding carboxylic acids is 1. The van der Waals surface area contributed by atoms with Crippen LogP contribution in [0.5, 0.6) is 0 Å². The van der Waals surface area contributed by atoms with Crippen LogP contribution in [0.1, 0.15) is 12.8 Å². The fourth-order valence-corrected chi connectivity index (χ4v) is 1.23. The van der Waals surface area contributed by atoms with Crippen LogP contribution in [0.2, 0.25) is 0 Å². The lowest BCUT2D eigenvalue weighted by Crippen LogP contribution is -2.46. The van der Waals surface area contributed by atoms with Crippen LogP contribution in [0, 0.1) is 11.3 Å². The summed E-state index contributed by atoms with van der Waals surface area (Å²) in [7, 11) is 1.29. The van der Waals surface area contributed by atoms with Gasteiger partial charge in [0.15, 0.2) is 0 Å². The highest BCUT2D eigenvalue weighted by Gasteiger charge is 2.42. The minimum atomic E-state index is -1.06. The van der Waals surface area contributed by atoms with Crippen molar-refractivity contribution in [2.24, 2.45) is 0 Å². The van der Waals surface area contributed by atoms with E-state index in [1.165, 1.54) is 7.11 Å². The molecule has 4 heteroatoms. The fourth-order valence-electron chi connectivity index (χ4n) is 1.23. The molecule has 11 heavy (non-hydrogen) atoms. The van der Waals surface area contributed by atoms with Crippen LogP contribution in [-0.2, 0) is 9.53 Å². The molecule has 1 saturated heterocycles. The minimum Gasteiger partial charge on any atom is -0.467 e. The molecule has 1 heterocycles. The SMILES string of the molecule is COC(=O)C1(C#N)CCCN1. The van der Waals surface area contributed by atoms with E-state index in [9.17, 15) is 4.79 Å². The van der Waals surface area contributed by atoms with Crippen molar-refractivity contribution in [1.29, 1.82) is 5.26 Å². The highest BCUT2D eigenvalue weighted by atomic mass is 16.5. The van der Waals surface area contributed by atoms with E-state index in [0.29, 0.717) is 13.0 Å². The Hall–Kier alpha value is -1.08. The lowest BCUT2D eigenvalue weighted by Gasteiger charge is -2.16. The molecular formula is C7H10N2O2. The summed E-state index contributed by atoms with van der Waals surface area (Å²) in [6, 6.07) is 1.94. The maximum Gasteiger partial charge on any atom is 0.340 e. The number of nitrogens with one attached hydrogen (secondary N) is 1. The van der Waals surface area contributed by atoms with Gasteiger partial charge in [-0.15, -0.1) is 0 Å². The van der Waals surface area contributed by atoms with Gasteiger partial charge in [0.05, 0.1) is 13.2 Å². The topological polar surface area (TPSA) is 62.1 Å². The Morgan fingerprint density at radius 2 is 2.55 bits per heavy atom. The third kappa shape index (κ3) is 1.19. The van der Waals surface area contributed by atoms with Gasteiger partial charge in [0.25, 0.3) is 0 Å². The third-order valence-corrected chi connectivity index (χ3v) is 1.88. The second kappa shape index (κ2) is 2.89. The van der Waals surface area contributed by atoms with Crippen LogP contribution >= 0.6 is 0 Å². The first kappa shape index (κ1) is 8.02. The monoisotopic (exact) mass is 154 g/mol. The van der Waals surface area contributed by atoms with E-state index >= 15 is 0 Å². The molecule has 0 aromatic carbocycles. The summed E-state index contributed by atoms with van der Waals surface area (Å²) in [6.45, 7) is 0.711. The molecule has 0 spiro atoms. The highest BCUT2D eigenvalue weighted by molar-refractivity contribution is 5.84. The maximum absolute atomic E-state index is 11.1. The summed E-state index contributed by atoms with van der Waals surface area (Å²) in [6.07, 6.45) is 1.40. The molecule has 0 radical (unpaired) electrons. The van der Waals surface area contributed by atoms with Crippen LogP contribution in [0.25, 0.3) is 0 Å². The zero-order valence-corrected chi connectivity index (χ0v) is 6.39. The van der Waals surface area contributed by atoms with Crippen molar-refractivity contribution in [2.45, 2.75) is 18.4 Å². The zero-order valence-electron chi connectivity index (χ0n) is 6.39. The Labute approximate surface area is 65.1 Å². The summed E-state index contributed by atoms with van der Waals surface area (Å²) in [4.78, 5) is 11.1. The van der Waals surface area contributed by atoms with E-state index in [1.807, 2.05) is 6.07 Å². The first-order valence-electron chi connectivity index (χ1n) is 3.50. The van der Waals surface area contributed by atoms with Gasteiger partial charge in [-0.3, -0.25) is 5.32 Å². The van der Waals surface area contributed by atoms with Crippen LogP contribution in [0.3, 0.4) is 0 Å². The van der Waals surface area contributed by atoms with E-state index < -0.39 is 11.5 Å². The Morgan fingerprint density at radius 3 is 2.91 bits per heavy atom. The van der Waals surface area contributed by atoms with Crippen molar-refractivity contribution in [3.8, 4) is 6.07 Å². The van der Waals surface area contributed by atoms with Gasteiger partial charge >= 0.3 is 5.97 Å². The number of rotatable bonds is 1. The molecule has 0 saturated carbocycles. The average Bonchev–Trinajstić information content (AvgIpc) is 2.52. The molecule has 1 aliphatic heterocycles. The second-order valence-corrected chi connectivity index (χ2v) is 2.54. The van der Waals surface area contributed by atoms with E-state index in [0.717, 1.165) is 6.42 Å². The number of hydrogen-bond acceptors (Lipinski definition) is 4. The van der Waals surface area contributed by atoms with Gasteiger partial charge in [0, 0.05) is 0 Å². The zero-order chi connectivity index (χ0) is 8.32. The second-order valence-electron chi connectivity index (χ2n) is 2.54. The van der Waals surface area contributed by atoms with Crippen molar-refractivity contribution in [1.82, 2.24) is 5.32 Å². The number of ether oxygens (including phenoxy) is 1. The Morgan fingerprint density at radius 1 is 1.82 bits per heavy atom. The van der Waals surface area contributed by atoms with Crippen molar-refractivity contribution in [3.05, 3.63) is 0 Å². The Kier molecular flexibility index (Phi) is 2.11. The number of esters is 1. The van der Waals surface area contributed by atoms with Gasteiger partial charge in [-0.2, -0.15) is 5.26 Å². The molecule has 0 aromatic heterocycles. The molecule has 0 aromatic rings. The standard InChI is InChI=1S/C7H10N2O2/c1-11-6(10)7(5-8)3-2-4-9-7/h9H,2-4H2,1H3. The molecule has 0 aliphatic carbocycles. The summed E-state index contributed by atoms with van der Waals surface area (Å²) in [5.74, 6) is -0.475. The number of methoxy groups -OCH3 is 1. The summed E-state index contributed by atoms with van der Waals surface area (Å²) < 4.78 is 4.50. The number of carbonyl (C=O) groups is 1.